The summed E-state index contributed by atoms with van der Waals surface area (Å²) in [6.07, 6.45) is 8.13. The molecule has 0 rings (SSSR count). The number of hydrogen-bond donors (Lipinski definition) is 1. The predicted octanol–water partition coefficient (Wildman–Crippen LogP) is 1.35. The van der Waals surface area contributed by atoms with Gasteiger partial charge in [0.15, 0.2) is 0 Å². The average molecular weight is 157 g/mol. The number of hydrogen-bond acceptors (Lipinski definition) is 2. The lowest BCUT2D eigenvalue weighted by molar-refractivity contribution is 0.588. The maximum absolute atomic E-state index is 5.19. The minimum absolute atomic E-state index is 0.505. The molecule has 0 aliphatic heterocycles. The lowest BCUT2D eigenvalue weighted by Gasteiger charge is -2.12. The molecule has 0 spiro atoms. The first-order chi connectivity index (χ1) is 4.85. The van der Waals surface area contributed by atoms with Crippen molar-refractivity contribution in [3.05, 3.63) is 0 Å². The van der Waals surface area contributed by atoms with E-state index in [4.69, 9.17) is 6.42 Å². The number of nitrogens with one attached hydrogen (secondary N) is 1. The Morgan fingerprint density at radius 2 is 2.40 bits per heavy atom. The van der Waals surface area contributed by atoms with Crippen LogP contribution in [-0.4, -0.2) is 24.6 Å². The quantitative estimate of drug-likeness (QED) is 0.605. The third kappa shape index (κ3) is 4.72. The van der Waals surface area contributed by atoms with E-state index in [0.717, 1.165) is 18.7 Å². The Bertz CT molecular complexity index is 100. The van der Waals surface area contributed by atoms with Crippen LogP contribution in [0.25, 0.3) is 0 Å². The Balaban J connectivity index is 3.42. The Morgan fingerprint density at radius 3 is 2.80 bits per heavy atom. The van der Waals surface area contributed by atoms with Crippen molar-refractivity contribution in [2.75, 3.05) is 18.6 Å². The Kier molecular flexibility index (Phi) is 6.89. The maximum atomic E-state index is 5.19. The summed E-state index contributed by atoms with van der Waals surface area (Å²) in [5.41, 5.74) is 0. The minimum Gasteiger partial charge on any atom is -0.312 e. The summed E-state index contributed by atoms with van der Waals surface area (Å²) in [5.74, 6) is 3.77. The van der Waals surface area contributed by atoms with Gasteiger partial charge in [-0.05, 0) is 12.8 Å². The topological polar surface area (TPSA) is 12.0 Å². The molecule has 58 valence electrons. The van der Waals surface area contributed by atoms with Crippen molar-refractivity contribution in [3.8, 4) is 12.3 Å². The monoisotopic (exact) mass is 157 g/mol. The molecule has 0 heterocycles. The highest BCUT2D eigenvalue weighted by atomic mass is 32.2. The van der Waals surface area contributed by atoms with E-state index >= 15 is 0 Å². The lowest BCUT2D eigenvalue weighted by atomic mass is 10.2. The summed E-state index contributed by atoms with van der Waals surface area (Å²) in [6, 6.07) is 0.505. The summed E-state index contributed by atoms with van der Waals surface area (Å²) in [4.78, 5) is 0. The maximum Gasteiger partial charge on any atom is 0.0267 e. The first-order valence-electron chi connectivity index (χ1n) is 3.50. The van der Waals surface area contributed by atoms with Crippen LogP contribution in [0, 0.1) is 12.3 Å². The van der Waals surface area contributed by atoms with Gasteiger partial charge in [-0.2, -0.15) is 11.8 Å². The fourth-order valence-corrected chi connectivity index (χ4v) is 1.46. The average Bonchev–Trinajstić information content (AvgIpc) is 1.90. The van der Waals surface area contributed by atoms with Gasteiger partial charge in [0.25, 0.3) is 0 Å². The van der Waals surface area contributed by atoms with Gasteiger partial charge in [0.05, 0.1) is 0 Å². The summed E-state index contributed by atoms with van der Waals surface area (Å²) >= 11 is 1.83. The van der Waals surface area contributed by atoms with Gasteiger partial charge in [0.1, 0.15) is 0 Å². The van der Waals surface area contributed by atoms with Crippen molar-refractivity contribution in [1.29, 1.82) is 0 Å². The highest BCUT2D eigenvalue weighted by Gasteiger charge is 2.02. The second kappa shape index (κ2) is 6.98. The predicted molar refractivity (Wildman–Crippen MR) is 49.3 cm³/mol. The molecule has 10 heavy (non-hydrogen) atoms. The van der Waals surface area contributed by atoms with Crippen LogP contribution in [0.2, 0.25) is 0 Å². The van der Waals surface area contributed by atoms with Gasteiger partial charge in [0, 0.05) is 18.2 Å². The standard InChI is InChI=1S/C8H15NS/c1-4-6-8(7-10-3)9-5-2/h1,8-9H,5-7H2,2-3H3. The van der Waals surface area contributed by atoms with E-state index < -0.39 is 0 Å². The summed E-state index contributed by atoms with van der Waals surface area (Å²) in [7, 11) is 0. The van der Waals surface area contributed by atoms with E-state index in [1.54, 1.807) is 0 Å². The molecule has 0 amide bonds. The van der Waals surface area contributed by atoms with Crippen LogP contribution in [-0.2, 0) is 0 Å². The van der Waals surface area contributed by atoms with Gasteiger partial charge in [-0.25, -0.2) is 0 Å². The molecule has 0 radical (unpaired) electrons. The van der Waals surface area contributed by atoms with E-state index in [0.29, 0.717) is 6.04 Å². The van der Waals surface area contributed by atoms with Crippen molar-refractivity contribution in [2.45, 2.75) is 19.4 Å². The third-order valence-electron chi connectivity index (χ3n) is 1.22. The van der Waals surface area contributed by atoms with Gasteiger partial charge >= 0.3 is 0 Å². The van der Waals surface area contributed by atoms with E-state index in [1.807, 2.05) is 11.8 Å². The zero-order chi connectivity index (χ0) is 7.82. The SMILES string of the molecule is C#CCC(CSC)NCC. The molecule has 0 aromatic heterocycles. The Hall–Kier alpha value is -0.130. The van der Waals surface area contributed by atoms with E-state index in [2.05, 4.69) is 24.4 Å². The number of rotatable bonds is 5. The van der Waals surface area contributed by atoms with Crippen molar-refractivity contribution in [3.63, 3.8) is 0 Å². The lowest BCUT2D eigenvalue weighted by Crippen LogP contribution is -2.30. The van der Waals surface area contributed by atoms with Crippen molar-refractivity contribution >= 4 is 11.8 Å². The van der Waals surface area contributed by atoms with Crippen LogP contribution in [0.4, 0.5) is 0 Å². The smallest absolute Gasteiger partial charge is 0.0267 e. The van der Waals surface area contributed by atoms with Crippen LogP contribution >= 0.6 is 11.8 Å². The molecule has 0 aliphatic rings. The minimum atomic E-state index is 0.505. The molecule has 0 bridgehead atoms. The summed E-state index contributed by atoms with van der Waals surface area (Å²) in [6.45, 7) is 3.11. The fourth-order valence-electron chi connectivity index (χ4n) is 0.822. The molecule has 0 aliphatic carbocycles. The largest absolute Gasteiger partial charge is 0.312 e. The second-order valence-electron chi connectivity index (χ2n) is 2.12. The Morgan fingerprint density at radius 1 is 1.70 bits per heavy atom. The highest BCUT2D eigenvalue weighted by molar-refractivity contribution is 7.98. The van der Waals surface area contributed by atoms with Crippen LogP contribution in [0.5, 0.6) is 0 Å². The zero-order valence-corrected chi connectivity index (χ0v) is 7.50. The first-order valence-corrected chi connectivity index (χ1v) is 4.90. The van der Waals surface area contributed by atoms with E-state index in [-0.39, 0.29) is 0 Å². The van der Waals surface area contributed by atoms with Gasteiger partial charge in [-0.1, -0.05) is 6.92 Å². The molecule has 1 N–H and O–H groups in total. The molecule has 0 saturated heterocycles. The van der Waals surface area contributed by atoms with Crippen molar-refractivity contribution in [1.82, 2.24) is 5.32 Å². The molecular formula is C8H15NS. The van der Waals surface area contributed by atoms with E-state index in [1.165, 1.54) is 0 Å². The van der Waals surface area contributed by atoms with Gasteiger partial charge in [0.2, 0.25) is 0 Å². The summed E-state index contributed by atoms with van der Waals surface area (Å²) in [5, 5.41) is 3.32. The highest BCUT2D eigenvalue weighted by Crippen LogP contribution is 1.99. The summed E-state index contributed by atoms with van der Waals surface area (Å²) < 4.78 is 0. The first kappa shape index (κ1) is 9.87. The molecule has 1 atom stereocenters. The normalized spacial score (nSPS) is 12.5. The third-order valence-corrected chi connectivity index (χ3v) is 1.96. The van der Waals surface area contributed by atoms with Crippen LogP contribution in [0.1, 0.15) is 13.3 Å². The fraction of sp³-hybridized carbons (Fsp3) is 0.750. The molecule has 0 aromatic carbocycles. The van der Waals surface area contributed by atoms with Crippen LogP contribution in [0.15, 0.2) is 0 Å². The molecule has 0 saturated carbocycles. The zero-order valence-electron chi connectivity index (χ0n) is 6.68. The van der Waals surface area contributed by atoms with Crippen LogP contribution < -0.4 is 5.32 Å². The molecule has 0 aromatic rings. The number of thioether (sulfide) groups is 1. The number of terminal acetylenes is 1. The Labute approximate surface area is 68.0 Å². The molecule has 1 nitrogen and oxygen atoms in total. The van der Waals surface area contributed by atoms with Crippen molar-refractivity contribution in [2.24, 2.45) is 0 Å². The van der Waals surface area contributed by atoms with Gasteiger partial charge in [-0.3, -0.25) is 0 Å². The van der Waals surface area contributed by atoms with Gasteiger partial charge < -0.3 is 5.32 Å². The molecule has 0 fully saturated rings. The molecule has 1 unspecified atom stereocenters. The van der Waals surface area contributed by atoms with Gasteiger partial charge in [-0.15, -0.1) is 12.3 Å². The van der Waals surface area contributed by atoms with E-state index in [9.17, 15) is 0 Å². The van der Waals surface area contributed by atoms with Crippen molar-refractivity contribution < 1.29 is 0 Å². The second-order valence-corrected chi connectivity index (χ2v) is 3.03. The molecule has 2 heteroatoms. The van der Waals surface area contributed by atoms with Crippen LogP contribution in [0.3, 0.4) is 0 Å². The molecular weight excluding hydrogens is 142 g/mol.